The Morgan fingerprint density at radius 3 is 2.48 bits per heavy atom. The number of carboxylic acid groups (broad SMARTS) is 1. The third-order valence-electron chi connectivity index (χ3n) is 4.12. The predicted molar refractivity (Wildman–Crippen MR) is 81.6 cm³/mol. The zero-order valence-electron chi connectivity index (χ0n) is 13.1. The van der Waals surface area contributed by atoms with Gasteiger partial charge in [-0.3, -0.25) is 4.79 Å². The van der Waals surface area contributed by atoms with Gasteiger partial charge in [-0.25, -0.2) is 13.2 Å². The molecule has 0 unspecified atom stereocenters. The maximum atomic E-state index is 12.8. The first-order valence-electron chi connectivity index (χ1n) is 7.10. The SMILES string of the molecule is COC(=O)c1ccc(C)c(S(=O)(=O)N2C[C@@H](C)[C@H](C(=O)O)C2)c1. The Kier molecular flexibility index (Phi) is 4.76. The highest BCUT2D eigenvalue weighted by Crippen LogP contribution is 2.30. The number of nitrogens with zero attached hydrogens (tertiary/aromatic N) is 1. The lowest BCUT2D eigenvalue weighted by molar-refractivity contribution is -0.142. The maximum Gasteiger partial charge on any atom is 0.337 e. The van der Waals surface area contributed by atoms with E-state index in [1.54, 1.807) is 13.8 Å². The van der Waals surface area contributed by atoms with E-state index in [1.165, 1.54) is 29.6 Å². The van der Waals surface area contributed by atoms with Crippen molar-refractivity contribution in [1.29, 1.82) is 0 Å². The second-order valence-corrected chi connectivity index (χ2v) is 7.62. The summed E-state index contributed by atoms with van der Waals surface area (Å²) in [6.45, 7) is 3.41. The third-order valence-corrected chi connectivity index (χ3v) is 6.10. The molecule has 1 aromatic rings. The highest BCUT2D eigenvalue weighted by Gasteiger charge is 2.41. The lowest BCUT2D eigenvalue weighted by Crippen LogP contribution is -2.30. The van der Waals surface area contributed by atoms with Crippen LogP contribution in [0.3, 0.4) is 0 Å². The highest BCUT2D eigenvalue weighted by molar-refractivity contribution is 7.89. The minimum atomic E-state index is -3.87. The number of hydrogen-bond donors (Lipinski definition) is 1. The molecule has 1 saturated heterocycles. The highest BCUT2D eigenvalue weighted by atomic mass is 32.2. The van der Waals surface area contributed by atoms with Crippen molar-refractivity contribution in [2.45, 2.75) is 18.7 Å². The van der Waals surface area contributed by atoms with Gasteiger partial charge in [0.15, 0.2) is 0 Å². The summed E-state index contributed by atoms with van der Waals surface area (Å²) in [5, 5.41) is 9.16. The summed E-state index contributed by atoms with van der Waals surface area (Å²) < 4.78 is 31.4. The van der Waals surface area contributed by atoms with Crippen molar-refractivity contribution >= 4 is 22.0 Å². The number of carboxylic acids is 1. The van der Waals surface area contributed by atoms with Crippen LogP contribution in [0.2, 0.25) is 0 Å². The maximum absolute atomic E-state index is 12.8. The number of carbonyl (C=O) groups excluding carboxylic acids is 1. The van der Waals surface area contributed by atoms with Gasteiger partial charge in [0, 0.05) is 13.1 Å². The first-order chi connectivity index (χ1) is 10.7. The van der Waals surface area contributed by atoms with Crippen LogP contribution in [0.4, 0.5) is 0 Å². The molecule has 8 heteroatoms. The Labute approximate surface area is 134 Å². The van der Waals surface area contributed by atoms with Crippen LogP contribution in [0.25, 0.3) is 0 Å². The summed E-state index contributed by atoms with van der Waals surface area (Å²) in [5.41, 5.74) is 0.628. The molecule has 2 atom stereocenters. The molecule has 1 fully saturated rings. The van der Waals surface area contributed by atoms with Crippen LogP contribution >= 0.6 is 0 Å². The van der Waals surface area contributed by atoms with Crippen LogP contribution < -0.4 is 0 Å². The van der Waals surface area contributed by atoms with Gasteiger partial charge in [0.1, 0.15) is 0 Å². The van der Waals surface area contributed by atoms with Crippen LogP contribution in [0.5, 0.6) is 0 Å². The van der Waals surface area contributed by atoms with E-state index in [0.717, 1.165) is 0 Å². The van der Waals surface area contributed by atoms with Gasteiger partial charge in [-0.15, -0.1) is 0 Å². The van der Waals surface area contributed by atoms with Gasteiger partial charge < -0.3 is 9.84 Å². The number of sulfonamides is 1. The number of aryl methyl sites for hydroxylation is 1. The van der Waals surface area contributed by atoms with E-state index in [-0.39, 0.29) is 29.5 Å². The van der Waals surface area contributed by atoms with E-state index in [0.29, 0.717) is 5.56 Å². The number of benzene rings is 1. The monoisotopic (exact) mass is 341 g/mol. The van der Waals surface area contributed by atoms with Gasteiger partial charge in [0.2, 0.25) is 10.0 Å². The van der Waals surface area contributed by atoms with Crippen LogP contribution in [0, 0.1) is 18.8 Å². The fourth-order valence-electron chi connectivity index (χ4n) is 2.70. The summed E-state index contributed by atoms with van der Waals surface area (Å²) in [6, 6.07) is 4.30. The fourth-order valence-corrected chi connectivity index (χ4v) is 4.52. The molecule has 0 amide bonds. The average Bonchev–Trinajstić information content (AvgIpc) is 2.89. The Balaban J connectivity index is 2.41. The normalized spacial score (nSPS) is 22.0. The van der Waals surface area contributed by atoms with E-state index in [2.05, 4.69) is 4.74 Å². The van der Waals surface area contributed by atoms with Gasteiger partial charge in [-0.1, -0.05) is 13.0 Å². The summed E-state index contributed by atoms with van der Waals surface area (Å²) in [6.07, 6.45) is 0. The molecule has 1 aliphatic rings. The zero-order chi connectivity index (χ0) is 17.4. The first kappa shape index (κ1) is 17.4. The van der Waals surface area contributed by atoms with Crippen molar-refractivity contribution in [3.63, 3.8) is 0 Å². The summed E-state index contributed by atoms with van der Waals surface area (Å²) >= 11 is 0. The molecule has 0 aromatic heterocycles. The molecule has 7 nitrogen and oxygen atoms in total. The molecule has 1 N–H and O–H groups in total. The second-order valence-electron chi connectivity index (χ2n) is 5.72. The van der Waals surface area contributed by atoms with E-state index in [1.807, 2.05) is 0 Å². The largest absolute Gasteiger partial charge is 0.481 e. The lowest BCUT2D eigenvalue weighted by atomic mass is 9.99. The number of carbonyl (C=O) groups is 2. The van der Waals surface area contributed by atoms with Gasteiger partial charge in [-0.05, 0) is 30.5 Å². The molecule has 1 aromatic carbocycles. The summed E-state index contributed by atoms with van der Waals surface area (Å²) in [5.74, 6) is -2.63. The first-order valence-corrected chi connectivity index (χ1v) is 8.54. The summed E-state index contributed by atoms with van der Waals surface area (Å²) in [7, 11) is -2.65. The van der Waals surface area contributed by atoms with Crippen LogP contribution in [-0.4, -0.2) is 50.0 Å². The van der Waals surface area contributed by atoms with Crippen molar-refractivity contribution in [3.05, 3.63) is 29.3 Å². The number of ether oxygens (including phenoxy) is 1. The Morgan fingerprint density at radius 1 is 1.30 bits per heavy atom. The van der Waals surface area contributed by atoms with E-state index >= 15 is 0 Å². The number of methoxy groups -OCH3 is 1. The Morgan fingerprint density at radius 2 is 1.96 bits per heavy atom. The molecule has 0 saturated carbocycles. The topological polar surface area (TPSA) is 101 Å². The molecule has 0 bridgehead atoms. The molecular weight excluding hydrogens is 322 g/mol. The second kappa shape index (κ2) is 6.29. The van der Waals surface area contributed by atoms with Gasteiger partial charge >= 0.3 is 11.9 Å². The average molecular weight is 341 g/mol. The van der Waals surface area contributed by atoms with Crippen LogP contribution in [0.15, 0.2) is 23.1 Å². The Bertz CT molecular complexity index is 742. The molecule has 2 rings (SSSR count). The van der Waals surface area contributed by atoms with Gasteiger partial charge in [-0.2, -0.15) is 4.31 Å². The van der Waals surface area contributed by atoms with Crippen molar-refractivity contribution in [3.8, 4) is 0 Å². The smallest absolute Gasteiger partial charge is 0.337 e. The molecule has 0 aliphatic carbocycles. The minimum Gasteiger partial charge on any atom is -0.481 e. The van der Waals surface area contributed by atoms with Crippen molar-refractivity contribution in [2.75, 3.05) is 20.2 Å². The van der Waals surface area contributed by atoms with Gasteiger partial charge in [0.05, 0.1) is 23.5 Å². The minimum absolute atomic E-state index is 0.00126. The van der Waals surface area contributed by atoms with Crippen molar-refractivity contribution < 1.29 is 27.9 Å². The number of esters is 1. The molecule has 0 spiro atoms. The van der Waals surface area contributed by atoms with E-state index < -0.39 is 27.9 Å². The zero-order valence-corrected chi connectivity index (χ0v) is 14.0. The number of rotatable bonds is 4. The van der Waals surface area contributed by atoms with Crippen molar-refractivity contribution in [1.82, 2.24) is 4.31 Å². The standard InChI is InChI=1S/C15H19NO6S/c1-9-4-5-11(15(19)22-3)6-13(9)23(20,21)16-7-10(2)12(8-16)14(17)18/h4-6,10,12H,7-8H2,1-3H3,(H,17,18)/t10-,12-/m1/s1. The lowest BCUT2D eigenvalue weighted by Gasteiger charge is -2.18. The summed E-state index contributed by atoms with van der Waals surface area (Å²) in [4.78, 5) is 22.8. The quantitative estimate of drug-likeness (QED) is 0.824. The van der Waals surface area contributed by atoms with Gasteiger partial charge in [0.25, 0.3) is 0 Å². The number of hydrogen-bond acceptors (Lipinski definition) is 5. The van der Waals surface area contributed by atoms with Crippen molar-refractivity contribution in [2.24, 2.45) is 11.8 Å². The molecule has 1 aliphatic heterocycles. The van der Waals surface area contributed by atoms with E-state index in [9.17, 15) is 18.0 Å². The molecule has 126 valence electrons. The molecular formula is C15H19NO6S. The molecule has 0 radical (unpaired) electrons. The van der Waals surface area contributed by atoms with Crippen LogP contribution in [-0.2, 0) is 19.6 Å². The fraction of sp³-hybridized carbons (Fsp3) is 0.467. The van der Waals surface area contributed by atoms with Crippen LogP contribution in [0.1, 0.15) is 22.8 Å². The predicted octanol–water partition coefficient (Wildman–Crippen LogP) is 1.12. The Hall–Kier alpha value is -1.93. The van der Waals surface area contributed by atoms with E-state index in [4.69, 9.17) is 5.11 Å². The molecule has 1 heterocycles. The molecule has 23 heavy (non-hydrogen) atoms. The number of aliphatic carboxylic acids is 1. The third kappa shape index (κ3) is 3.23.